The summed E-state index contributed by atoms with van der Waals surface area (Å²) in [7, 11) is 0. The number of amides is 2. The van der Waals surface area contributed by atoms with Crippen LogP contribution >= 0.6 is 0 Å². The van der Waals surface area contributed by atoms with Gasteiger partial charge in [-0.05, 0) is 30.5 Å². The minimum absolute atomic E-state index is 0.00601. The first-order chi connectivity index (χ1) is 13.0. The van der Waals surface area contributed by atoms with Crippen LogP contribution in [0.2, 0.25) is 0 Å². The number of carbonyl (C=O) groups is 2. The highest BCUT2D eigenvalue weighted by molar-refractivity contribution is 5.99. The van der Waals surface area contributed by atoms with Gasteiger partial charge in [0, 0.05) is 19.1 Å². The molecule has 2 atom stereocenters. The maximum atomic E-state index is 13.2. The molecule has 0 spiro atoms. The van der Waals surface area contributed by atoms with Crippen molar-refractivity contribution in [2.24, 2.45) is 17.4 Å². The molecule has 1 aliphatic rings. The standard InChI is InChI=1S/C18H20N6O3/c1-10-8-23(5-4-11(10)19)18(26)13-7-12(14-3-2-6-27-14)22-17-15(16(20)25)21-9-24(13)17/h2-3,6-7,9-11H,4-5,8,19H2,1H3,(H2,20,25). The van der Waals surface area contributed by atoms with Crippen LogP contribution in [0.25, 0.3) is 17.1 Å². The molecule has 4 rings (SSSR count). The third-order valence-electron chi connectivity index (χ3n) is 4.99. The molecule has 4 heterocycles. The van der Waals surface area contributed by atoms with Gasteiger partial charge in [-0.25, -0.2) is 9.97 Å². The van der Waals surface area contributed by atoms with Crippen LogP contribution in [0.1, 0.15) is 34.3 Å². The molecule has 27 heavy (non-hydrogen) atoms. The molecule has 2 unspecified atom stereocenters. The maximum Gasteiger partial charge on any atom is 0.271 e. The van der Waals surface area contributed by atoms with Gasteiger partial charge in [-0.1, -0.05) is 6.92 Å². The summed E-state index contributed by atoms with van der Waals surface area (Å²) >= 11 is 0. The molecule has 0 aromatic carbocycles. The van der Waals surface area contributed by atoms with Crippen LogP contribution in [0, 0.1) is 5.92 Å². The van der Waals surface area contributed by atoms with Crippen molar-refractivity contribution in [1.29, 1.82) is 0 Å². The lowest BCUT2D eigenvalue weighted by Gasteiger charge is -2.35. The lowest BCUT2D eigenvalue weighted by atomic mass is 9.94. The van der Waals surface area contributed by atoms with Crippen LogP contribution in [-0.2, 0) is 0 Å². The first-order valence-electron chi connectivity index (χ1n) is 8.72. The van der Waals surface area contributed by atoms with Crippen LogP contribution < -0.4 is 11.5 Å². The number of piperidine rings is 1. The van der Waals surface area contributed by atoms with Crippen LogP contribution in [0.5, 0.6) is 0 Å². The van der Waals surface area contributed by atoms with Crippen molar-refractivity contribution < 1.29 is 14.0 Å². The molecule has 1 fully saturated rings. The second-order valence-corrected chi connectivity index (χ2v) is 6.84. The highest BCUT2D eigenvalue weighted by atomic mass is 16.3. The second kappa shape index (κ2) is 6.51. The van der Waals surface area contributed by atoms with E-state index in [1.807, 2.05) is 6.92 Å². The Bertz CT molecular complexity index is 1010. The minimum atomic E-state index is -0.711. The van der Waals surface area contributed by atoms with Gasteiger partial charge >= 0.3 is 0 Å². The van der Waals surface area contributed by atoms with Gasteiger partial charge in [0.1, 0.15) is 17.7 Å². The van der Waals surface area contributed by atoms with Crippen LogP contribution in [0.3, 0.4) is 0 Å². The van der Waals surface area contributed by atoms with Gasteiger partial charge in [-0.3, -0.25) is 14.0 Å². The molecule has 1 aliphatic heterocycles. The van der Waals surface area contributed by atoms with E-state index >= 15 is 0 Å². The molecule has 0 aliphatic carbocycles. The Hall–Kier alpha value is -3.20. The summed E-state index contributed by atoms with van der Waals surface area (Å²) in [5.41, 5.74) is 12.5. The topological polar surface area (TPSA) is 133 Å². The summed E-state index contributed by atoms with van der Waals surface area (Å²) in [6.07, 6.45) is 3.64. The van der Waals surface area contributed by atoms with Crippen LogP contribution in [0.15, 0.2) is 35.2 Å². The summed E-state index contributed by atoms with van der Waals surface area (Å²) in [6.45, 7) is 3.17. The van der Waals surface area contributed by atoms with Crippen molar-refractivity contribution in [3.05, 3.63) is 42.2 Å². The monoisotopic (exact) mass is 368 g/mol. The fourth-order valence-electron chi connectivity index (χ4n) is 3.37. The number of fused-ring (bicyclic) bond motifs is 1. The fourth-order valence-corrected chi connectivity index (χ4v) is 3.37. The third-order valence-corrected chi connectivity index (χ3v) is 4.99. The van der Waals surface area contributed by atoms with E-state index in [4.69, 9.17) is 15.9 Å². The molecule has 0 radical (unpaired) electrons. The number of rotatable bonds is 3. The number of likely N-dealkylation sites (tertiary alicyclic amines) is 1. The second-order valence-electron chi connectivity index (χ2n) is 6.84. The third kappa shape index (κ3) is 2.95. The summed E-state index contributed by atoms with van der Waals surface area (Å²) in [5.74, 6) is -0.203. The van der Waals surface area contributed by atoms with Gasteiger partial charge in [0.25, 0.3) is 11.8 Å². The number of hydrogen-bond donors (Lipinski definition) is 2. The predicted octanol–water partition coefficient (Wildman–Crippen LogP) is 0.898. The van der Waals surface area contributed by atoms with E-state index in [2.05, 4.69) is 9.97 Å². The summed E-state index contributed by atoms with van der Waals surface area (Å²) in [6, 6.07) is 5.18. The zero-order valence-electron chi connectivity index (χ0n) is 14.8. The Morgan fingerprint density at radius 2 is 2.19 bits per heavy atom. The van der Waals surface area contributed by atoms with Gasteiger partial charge in [0.15, 0.2) is 17.1 Å². The van der Waals surface area contributed by atoms with Crippen molar-refractivity contribution in [3.8, 4) is 11.5 Å². The molecule has 9 nitrogen and oxygen atoms in total. The molecule has 3 aromatic rings. The van der Waals surface area contributed by atoms with E-state index in [1.54, 1.807) is 23.1 Å². The van der Waals surface area contributed by atoms with E-state index < -0.39 is 5.91 Å². The molecule has 2 amide bonds. The number of imidazole rings is 1. The van der Waals surface area contributed by atoms with E-state index in [-0.39, 0.29) is 29.2 Å². The number of hydrogen-bond acceptors (Lipinski definition) is 6. The van der Waals surface area contributed by atoms with Gasteiger partial charge in [0.05, 0.1) is 6.26 Å². The van der Waals surface area contributed by atoms with Crippen molar-refractivity contribution in [2.45, 2.75) is 19.4 Å². The molecule has 1 saturated heterocycles. The molecule has 140 valence electrons. The first-order valence-corrected chi connectivity index (χ1v) is 8.72. The smallest absolute Gasteiger partial charge is 0.271 e. The van der Waals surface area contributed by atoms with E-state index in [0.29, 0.717) is 30.2 Å². The average Bonchev–Trinajstić information content (AvgIpc) is 3.32. The highest BCUT2D eigenvalue weighted by Crippen LogP contribution is 2.24. The maximum absolute atomic E-state index is 13.2. The van der Waals surface area contributed by atoms with E-state index in [1.165, 1.54) is 17.0 Å². The Labute approximate surface area is 155 Å². The lowest BCUT2D eigenvalue weighted by molar-refractivity contribution is 0.0656. The number of furan rings is 1. The van der Waals surface area contributed by atoms with E-state index in [9.17, 15) is 9.59 Å². The van der Waals surface area contributed by atoms with Gasteiger partial charge in [-0.15, -0.1) is 0 Å². The van der Waals surface area contributed by atoms with Crippen LogP contribution in [0.4, 0.5) is 0 Å². The number of carbonyl (C=O) groups excluding carboxylic acids is 2. The van der Waals surface area contributed by atoms with Crippen molar-refractivity contribution in [2.75, 3.05) is 13.1 Å². The molecule has 9 heteroatoms. The highest BCUT2D eigenvalue weighted by Gasteiger charge is 2.29. The summed E-state index contributed by atoms with van der Waals surface area (Å²) < 4.78 is 6.90. The van der Waals surface area contributed by atoms with Gasteiger partial charge < -0.3 is 20.8 Å². The van der Waals surface area contributed by atoms with Crippen LogP contribution in [-0.4, -0.2) is 50.2 Å². The van der Waals surface area contributed by atoms with Gasteiger partial charge in [-0.2, -0.15) is 0 Å². The fraction of sp³-hybridized carbons (Fsp3) is 0.333. The number of nitrogens with two attached hydrogens (primary N) is 2. The predicted molar refractivity (Wildman–Crippen MR) is 96.9 cm³/mol. The van der Waals surface area contributed by atoms with Crippen molar-refractivity contribution >= 4 is 17.5 Å². The molecular formula is C18H20N6O3. The first kappa shape index (κ1) is 17.2. The van der Waals surface area contributed by atoms with Crippen molar-refractivity contribution in [3.63, 3.8) is 0 Å². The molecule has 4 N–H and O–H groups in total. The number of nitrogens with zero attached hydrogens (tertiary/aromatic N) is 4. The normalized spacial score (nSPS) is 20.1. The Balaban J connectivity index is 1.83. The Kier molecular flexibility index (Phi) is 4.15. The molecular weight excluding hydrogens is 348 g/mol. The quantitative estimate of drug-likeness (QED) is 0.705. The summed E-state index contributed by atoms with van der Waals surface area (Å²) in [5, 5.41) is 0. The minimum Gasteiger partial charge on any atom is -0.463 e. The number of aromatic nitrogens is 3. The average molecular weight is 368 g/mol. The largest absolute Gasteiger partial charge is 0.463 e. The Morgan fingerprint density at radius 3 is 2.85 bits per heavy atom. The molecule has 3 aromatic heterocycles. The Morgan fingerprint density at radius 1 is 1.37 bits per heavy atom. The molecule has 0 bridgehead atoms. The summed E-state index contributed by atoms with van der Waals surface area (Å²) in [4.78, 5) is 35.2. The zero-order chi connectivity index (χ0) is 19.1. The molecule has 0 saturated carbocycles. The zero-order valence-corrected chi connectivity index (χ0v) is 14.8. The van der Waals surface area contributed by atoms with Crippen molar-refractivity contribution in [1.82, 2.24) is 19.3 Å². The lowest BCUT2D eigenvalue weighted by Crippen LogP contribution is -2.48. The SMILES string of the molecule is CC1CN(C(=O)c2cc(-c3ccco3)nc3c(C(N)=O)ncn23)CCC1N. The van der Waals surface area contributed by atoms with E-state index in [0.717, 1.165) is 6.42 Å². The number of primary amides is 1. The van der Waals surface area contributed by atoms with Gasteiger partial charge in [0.2, 0.25) is 0 Å².